The van der Waals surface area contributed by atoms with Crippen LogP contribution in [0.15, 0.2) is 0 Å². The van der Waals surface area contributed by atoms with Gasteiger partial charge in [0, 0.05) is 25.0 Å². The molecular formula is C12H24N2O. The van der Waals surface area contributed by atoms with Crippen LogP contribution >= 0.6 is 0 Å². The number of rotatable bonds is 5. The second-order valence-electron chi connectivity index (χ2n) is 5.30. The molecule has 2 unspecified atom stereocenters. The van der Waals surface area contributed by atoms with Crippen LogP contribution in [0, 0.1) is 11.3 Å². The number of hydrogen-bond donors (Lipinski definition) is 2. The Morgan fingerprint density at radius 3 is 2.67 bits per heavy atom. The van der Waals surface area contributed by atoms with Crippen molar-refractivity contribution in [1.29, 1.82) is 0 Å². The molecule has 88 valence electrons. The molecule has 0 aromatic heterocycles. The molecule has 2 fully saturated rings. The highest BCUT2D eigenvalue weighted by Gasteiger charge is 2.35. The summed E-state index contributed by atoms with van der Waals surface area (Å²) in [7, 11) is 0. The Morgan fingerprint density at radius 1 is 1.40 bits per heavy atom. The van der Waals surface area contributed by atoms with E-state index in [1.807, 2.05) is 0 Å². The Hall–Kier alpha value is -0.120. The van der Waals surface area contributed by atoms with Crippen LogP contribution in [0.25, 0.3) is 0 Å². The van der Waals surface area contributed by atoms with Crippen molar-refractivity contribution in [3.8, 4) is 0 Å². The van der Waals surface area contributed by atoms with Crippen molar-refractivity contribution in [2.75, 3.05) is 26.3 Å². The second kappa shape index (κ2) is 4.81. The Labute approximate surface area is 92.7 Å². The highest BCUT2D eigenvalue weighted by molar-refractivity contribution is 4.89. The van der Waals surface area contributed by atoms with Crippen LogP contribution in [0.4, 0.5) is 0 Å². The molecule has 0 aromatic carbocycles. The van der Waals surface area contributed by atoms with Gasteiger partial charge in [-0.05, 0) is 24.7 Å². The Bertz CT molecular complexity index is 198. The first-order valence-corrected chi connectivity index (χ1v) is 6.30. The molecule has 1 saturated carbocycles. The van der Waals surface area contributed by atoms with E-state index in [2.05, 4.69) is 12.2 Å². The van der Waals surface area contributed by atoms with Gasteiger partial charge >= 0.3 is 0 Å². The van der Waals surface area contributed by atoms with E-state index in [-0.39, 0.29) is 6.04 Å². The summed E-state index contributed by atoms with van der Waals surface area (Å²) in [5.74, 6) is 0.527. The molecule has 3 nitrogen and oxygen atoms in total. The topological polar surface area (TPSA) is 47.3 Å². The van der Waals surface area contributed by atoms with E-state index in [0.29, 0.717) is 11.3 Å². The molecule has 3 N–H and O–H groups in total. The summed E-state index contributed by atoms with van der Waals surface area (Å²) in [4.78, 5) is 0. The molecule has 15 heavy (non-hydrogen) atoms. The molecule has 3 heteroatoms. The third-order valence-electron chi connectivity index (χ3n) is 4.32. The van der Waals surface area contributed by atoms with E-state index in [1.165, 1.54) is 32.2 Å². The van der Waals surface area contributed by atoms with Gasteiger partial charge in [-0.25, -0.2) is 0 Å². The lowest BCUT2D eigenvalue weighted by molar-refractivity contribution is 0.121. The van der Waals surface area contributed by atoms with Gasteiger partial charge in [-0.1, -0.05) is 13.3 Å². The highest BCUT2D eigenvalue weighted by atomic mass is 16.5. The first kappa shape index (κ1) is 11.4. The number of hydrogen-bond acceptors (Lipinski definition) is 3. The lowest BCUT2D eigenvalue weighted by Gasteiger charge is -2.41. The van der Waals surface area contributed by atoms with Gasteiger partial charge in [0.25, 0.3) is 0 Å². The highest BCUT2D eigenvalue weighted by Crippen LogP contribution is 2.43. The molecule has 1 aliphatic carbocycles. The minimum Gasteiger partial charge on any atom is -0.379 e. The fraction of sp³-hybridized carbons (Fsp3) is 1.00. The van der Waals surface area contributed by atoms with Crippen molar-refractivity contribution < 1.29 is 4.74 Å². The molecule has 0 bridgehead atoms. The average molecular weight is 212 g/mol. The zero-order valence-electron chi connectivity index (χ0n) is 9.80. The molecule has 0 radical (unpaired) electrons. The fourth-order valence-electron chi connectivity index (χ4n) is 2.68. The quantitative estimate of drug-likeness (QED) is 0.718. The normalized spacial score (nSPS) is 34.0. The monoisotopic (exact) mass is 212 g/mol. The smallest absolute Gasteiger partial charge is 0.0621 e. The van der Waals surface area contributed by atoms with Crippen molar-refractivity contribution in [3.05, 3.63) is 0 Å². The molecule has 0 spiro atoms. The van der Waals surface area contributed by atoms with Crippen molar-refractivity contribution in [2.24, 2.45) is 17.1 Å². The van der Waals surface area contributed by atoms with Crippen LogP contribution in [-0.2, 0) is 4.74 Å². The van der Waals surface area contributed by atoms with E-state index in [4.69, 9.17) is 10.5 Å². The van der Waals surface area contributed by atoms with Crippen LogP contribution in [0.2, 0.25) is 0 Å². The molecule has 2 rings (SSSR count). The zero-order valence-corrected chi connectivity index (χ0v) is 9.80. The lowest BCUT2D eigenvalue weighted by atomic mass is 9.67. The van der Waals surface area contributed by atoms with E-state index < -0.39 is 0 Å². The van der Waals surface area contributed by atoms with Crippen LogP contribution in [0.5, 0.6) is 0 Å². The SMILES string of the molecule is CCC1(CNCC2COCC2N)CCC1. The first-order valence-electron chi connectivity index (χ1n) is 6.30. The van der Waals surface area contributed by atoms with Gasteiger partial charge in [-0.15, -0.1) is 0 Å². The van der Waals surface area contributed by atoms with E-state index in [9.17, 15) is 0 Å². The largest absolute Gasteiger partial charge is 0.379 e. The summed E-state index contributed by atoms with van der Waals surface area (Å²) in [5, 5.41) is 3.59. The summed E-state index contributed by atoms with van der Waals surface area (Å²) in [5.41, 5.74) is 6.56. The van der Waals surface area contributed by atoms with Crippen LogP contribution in [0.3, 0.4) is 0 Å². The summed E-state index contributed by atoms with van der Waals surface area (Å²) >= 11 is 0. The number of ether oxygens (including phenoxy) is 1. The first-order chi connectivity index (χ1) is 7.26. The predicted molar refractivity (Wildman–Crippen MR) is 61.7 cm³/mol. The maximum absolute atomic E-state index is 5.94. The zero-order chi connectivity index (χ0) is 10.7. The molecule has 1 aliphatic heterocycles. The minimum atomic E-state index is 0.247. The Kier molecular flexibility index (Phi) is 3.65. The van der Waals surface area contributed by atoms with Crippen LogP contribution < -0.4 is 11.1 Å². The molecule has 2 atom stereocenters. The fourth-order valence-corrected chi connectivity index (χ4v) is 2.68. The van der Waals surface area contributed by atoms with E-state index in [0.717, 1.165) is 19.8 Å². The lowest BCUT2D eigenvalue weighted by Crippen LogP contribution is -2.43. The minimum absolute atomic E-state index is 0.247. The number of nitrogens with two attached hydrogens (primary N) is 1. The Morgan fingerprint density at radius 2 is 2.20 bits per heavy atom. The standard InChI is InChI=1S/C12H24N2O/c1-2-12(4-3-5-12)9-14-6-10-7-15-8-11(10)13/h10-11,14H,2-9,13H2,1H3. The van der Waals surface area contributed by atoms with Crippen molar-refractivity contribution >= 4 is 0 Å². The van der Waals surface area contributed by atoms with Gasteiger partial charge in [-0.3, -0.25) is 0 Å². The van der Waals surface area contributed by atoms with E-state index >= 15 is 0 Å². The van der Waals surface area contributed by atoms with Gasteiger partial charge in [0.05, 0.1) is 13.2 Å². The van der Waals surface area contributed by atoms with Gasteiger partial charge in [0.15, 0.2) is 0 Å². The van der Waals surface area contributed by atoms with Crippen molar-refractivity contribution in [2.45, 2.75) is 38.6 Å². The summed E-state index contributed by atoms with van der Waals surface area (Å²) in [6.07, 6.45) is 5.54. The van der Waals surface area contributed by atoms with Gasteiger partial charge in [0.1, 0.15) is 0 Å². The molecular weight excluding hydrogens is 188 g/mol. The third-order valence-corrected chi connectivity index (χ3v) is 4.32. The average Bonchev–Trinajstić information content (AvgIpc) is 2.57. The van der Waals surface area contributed by atoms with Crippen LogP contribution in [0.1, 0.15) is 32.6 Å². The summed E-state index contributed by atoms with van der Waals surface area (Å²) < 4.78 is 5.35. The number of nitrogens with one attached hydrogen (secondary N) is 1. The van der Waals surface area contributed by atoms with Gasteiger partial charge < -0.3 is 15.8 Å². The van der Waals surface area contributed by atoms with Crippen LogP contribution in [-0.4, -0.2) is 32.3 Å². The maximum Gasteiger partial charge on any atom is 0.0621 e. The molecule has 0 aromatic rings. The molecule has 0 amide bonds. The molecule has 1 saturated heterocycles. The predicted octanol–water partition coefficient (Wildman–Crippen LogP) is 1.13. The van der Waals surface area contributed by atoms with Crippen molar-refractivity contribution in [1.82, 2.24) is 5.32 Å². The second-order valence-corrected chi connectivity index (χ2v) is 5.30. The van der Waals surface area contributed by atoms with E-state index in [1.54, 1.807) is 0 Å². The maximum atomic E-state index is 5.94. The van der Waals surface area contributed by atoms with Crippen molar-refractivity contribution in [3.63, 3.8) is 0 Å². The summed E-state index contributed by atoms with van der Waals surface area (Å²) in [6, 6.07) is 0.247. The molecule has 2 aliphatic rings. The third kappa shape index (κ3) is 2.52. The Balaban J connectivity index is 1.65. The molecule has 1 heterocycles. The van der Waals surface area contributed by atoms with Gasteiger partial charge in [0.2, 0.25) is 0 Å². The summed E-state index contributed by atoms with van der Waals surface area (Å²) in [6.45, 7) is 6.10. The van der Waals surface area contributed by atoms with Gasteiger partial charge in [-0.2, -0.15) is 0 Å².